The quantitative estimate of drug-likeness (QED) is 0.214. The van der Waals surface area contributed by atoms with E-state index in [4.69, 9.17) is 4.42 Å². The summed E-state index contributed by atoms with van der Waals surface area (Å²) in [6, 6.07) is 54.9. The molecule has 8 aromatic rings. The van der Waals surface area contributed by atoms with Crippen molar-refractivity contribution in [1.29, 1.82) is 0 Å². The molecule has 2 aliphatic rings. The second kappa shape index (κ2) is 8.82. The molecule has 2 aliphatic carbocycles. The predicted molar refractivity (Wildman–Crippen MR) is 183 cm³/mol. The van der Waals surface area contributed by atoms with Crippen LogP contribution < -0.4 is 4.90 Å². The number of furan rings is 1. The van der Waals surface area contributed by atoms with Gasteiger partial charge in [-0.05, 0) is 98.1 Å². The number of nitrogens with zero attached hydrogens (tertiary/aromatic N) is 1. The first-order valence-electron chi connectivity index (χ1n) is 15.1. The summed E-state index contributed by atoms with van der Waals surface area (Å²) < 4.78 is 6.34. The number of hydrogen-bond donors (Lipinski definition) is 0. The molecule has 44 heavy (non-hydrogen) atoms. The highest BCUT2D eigenvalue weighted by Crippen LogP contribution is 2.57. The molecule has 2 heteroatoms. The Morgan fingerprint density at radius 2 is 0.864 bits per heavy atom. The van der Waals surface area contributed by atoms with Crippen molar-refractivity contribution >= 4 is 39.0 Å². The molecule has 0 radical (unpaired) electrons. The highest BCUT2D eigenvalue weighted by molar-refractivity contribution is 6.15. The SMILES string of the molecule is c1ccc(N(c2ccc3c(c2)-c2c4cccc2-c2cccc-3c2-c2ccccc2-4)c2ccc3c(c2)oc2ccccc23)cc1. The fourth-order valence-electron chi connectivity index (χ4n) is 7.51. The Bertz CT molecular complexity index is 2430. The van der Waals surface area contributed by atoms with Crippen LogP contribution in [-0.2, 0) is 0 Å². The molecule has 7 aromatic carbocycles. The Morgan fingerprint density at radius 3 is 1.66 bits per heavy atom. The summed E-state index contributed by atoms with van der Waals surface area (Å²) in [4.78, 5) is 2.34. The van der Waals surface area contributed by atoms with Crippen LogP contribution in [0.15, 0.2) is 156 Å². The maximum absolute atomic E-state index is 6.34. The first-order valence-corrected chi connectivity index (χ1v) is 15.1. The van der Waals surface area contributed by atoms with Gasteiger partial charge in [0.25, 0.3) is 0 Å². The van der Waals surface area contributed by atoms with Gasteiger partial charge in [-0.1, -0.05) is 103 Å². The van der Waals surface area contributed by atoms with E-state index in [0.29, 0.717) is 0 Å². The zero-order valence-electron chi connectivity index (χ0n) is 23.8. The molecule has 1 heterocycles. The molecule has 0 unspecified atom stereocenters. The van der Waals surface area contributed by atoms with Crippen molar-refractivity contribution < 1.29 is 4.42 Å². The largest absolute Gasteiger partial charge is 0.456 e. The van der Waals surface area contributed by atoms with Crippen LogP contribution in [0.4, 0.5) is 17.1 Å². The minimum atomic E-state index is 0.888. The molecule has 0 saturated heterocycles. The second-order valence-electron chi connectivity index (χ2n) is 11.7. The summed E-state index contributed by atoms with van der Waals surface area (Å²) in [6.45, 7) is 0. The molecule has 0 amide bonds. The first-order chi connectivity index (χ1) is 21.8. The zero-order valence-corrected chi connectivity index (χ0v) is 23.8. The lowest BCUT2D eigenvalue weighted by Gasteiger charge is -2.27. The molecule has 0 saturated carbocycles. The maximum Gasteiger partial charge on any atom is 0.137 e. The van der Waals surface area contributed by atoms with Gasteiger partial charge in [0, 0.05) is 33.9 Å². The Labute approximate surface area is 255 Å². The van der Waals surface area contributed by atoms with Gasteiger partial charge in [0.15, 0.2) is 0 Å². The van der Waals surface area contributed by atoms with E-state index in [2.05, 4.69) is 144 Å². The Hall–Kier alpha value is -5.86. The van der Waals surface area contributed by atoms with Crippen molar-refractivity contribution in [2.75, 3.05) is 4.90 Å². The number of para-hydroxylation sites is 2. The number of rotatable bonds is 3. The van der Waals surface area contributed by atoms with E-state index in [1.165, 1.54) is 55.6 Å². The molecule has 10 rings (SSSR count). The summed E-state index contributed by atoms with van der Waals surface area (Å²) >= 11 is 0. The highest BCUT2D eigenvalue weighted by Gasteiger charge is 2.31. The van der Waals surface area contributed by atoms with Crippen LogP contribution >= 0.6 is 0 Å². The van der Waals surface area contributed by atoms with Gasteiger partial charge in [0.1, 0.15) is 11.2 Å². The Kier molecular flexibility index (Phi) is 4.75. The van der Waals surface area contributed by atoms with Gasteiger partial charge >= 0.3 is 0 Å². The van der Waals surface area contributed by atoms with Crippen molar-refractivity contribution in [3.05, 3.63) is 152 Å². The fraction of sp³-hybridized carbons (Fsp3) is 0. The average Bonchev–Trinajstić information content (AvgIpc) is 3.40. The third kappa shape index (κ3) is 3.20. The molecule has 0 N–H and O–H groups in total. The van der Waals surface area contributed by atoms with E-state index in [9.17, 15) is 0 Å². The molecule has 0 atom stereocenters. The van der Waals surface area contributed by atoms with Gasteiger partial charge in [-0.2, -0.15) is 0 Å². The number of anilines is 3. The van der Waals surface area contributed by atoms with Gasteiger partial charge in [-0.25, -0.2) is 0 Å². The summed E-state index contributed by atoms with van der Waals surface area (Å²) in [6.07, 6.45) is 0. The van der Waals surface area contributed by atoms with Crippen LogP contribution in [0.3, 0.4) is 0 Å². The number of hydrogen-bond acceptors (Lipinski definition) is 2. The summed E-state index contributed by atoms with van der Waals surface area (Å²) in [5.41, 5.74) is 18.0. The molecule has 2 nitrogen and oxygen atoms in total. The summed E-state index contributed by atoms with van der Waals surface area (Å²) in [5, 5.41) is 2.27. The van der Waals surface area contributed by atoms with E-state index >= 15 is 0 Å². The lowest BCUT2D eigenvalue weighted by molar-refractivity contribution is 0.669. The van der Waals surface area contributed by atoms with Gasteiger partial charge in [-0.15, -0.1) is 0 Å². The van der Waals surface area contributed by atoms with Gasteiger partial charge < -0.3 is 9.32 Å². The molecular weight excluding hydrogens is 534 g/mol. The Balaban J connectivity index is 1.25. The zero-order chi connectivity index (χ0) is 28.8. The normalized spacial score (nSPS) is 12.1. The van der Waals surface area contributed by atoms with Crippen LogP contribution in [-0.4, -0.2) is 0 Å². The molecule has 204 valence electrons. The smallest absolute Gasteiger partial charge is 0.137 e. The van der Waals surface area contributed by atoms with Crippen LogP contribution in [0.5, 0.6) is 0 Å². The molecule has 0 fully saturated rings. The van der Waals surface area contributed by atoms with Crippen molar-refractivity contribution in [2.24, 2.45) is 0 Å². The van der Waals surface area contributed by atoms with Gasteiger partial charge in [0.05, 0.1) is 0 Å². The third-order valence-electron chi connectivity index (χ3n) is 9.36. The molecular formula is C42H25NO. The average molecular weight is 560 g/mol. The monoisotopic (exact) mass is 559 g/mol. The number of benzene rings is 7. The van der Waals surface area contributed by atoms with Crippen LogP contribution in [0, 0.1) is 0 Å². The summed E-state index contributed by atoms with van der Waals surface area (Å²) in [5.74, 6) is 0. The van der Waals surface area contributed by atoms with E-state index in [1.54, 1.807) is 0 Å². The van der Waals surface area contributed by atoms with Gasteiger partial charge in [0.2, 0.25) is 0 Å². The first kappa shape index (κ1) is 23.7. The molecule has 0 aliphatic heterocycles. The molecule has 1 aromatic heterocycles. The minimum Gasteiger partial charge on any atom is -0.456 e. The lowest BCUT2D eigenvalue weighted by atomic mass is 9.83. The van der Waals surface area contributed by atoms with Crippen LogP contribution in [0.1, 0.15) is 0 Å². The minimum absolute atomic E-state index is 0.888. The van der Waals surface area contributed by atoms with Crippen molar-refractivity contribution in [3.8, 4) is 55.6 Å². The van der Waals surface area contributed by atoms with E-state index in [0.717, 1.165) is 39.0 Å². The van der Waals surface area contributed by atoms with E-state index in [-0.39, 0.29) is 0 Å². The molecule has 6 bridgehead atoms. The fourth-order valence-corrected chi connectivity index (χ4v) is 7.51. The Morgan fingerprint density at radius 1 is 0.318 bits per heavy atom. The van der Waals surface area contributed by atoms with Gasteiger partial charge in [-0.3, -0.25) is 0 Å². The van der Waals surface area contributed by atoms with Crippen molar-refractivity contribution in [3.63, 3.8) is 0 Å². The molecule has 0 spiro atoms. The standard InChI is InChI=1S/C42H25NO/c1-2-10-26(11-3-1)43(28-21-23-32-31-13-6-7-19-39(31)44-40(32)25-28)27-20-22-30-35-16-9-17-36-37-18-8-15-34(42(37)38(30)24-27)29-12-4-5-14-33(29)41(35)36/h1-25H. The van der Waals surface area contributed by atoms with E-state index < -0.39 is 0 Å². The van der Waals surface area contributed by atoms with Crippen molar-refractivity contribution in [2.45, 2.75) is 0 Å². The topological polar surface area (TPSA) is 16.4 Å². The van der Waals surface area contributed by atoms with E-state index in [1.807, 2.05) is 12.1 Å². The summed E-state index contributed by atoms with van der Waals surface area (Å²) in [7, 11) is 0. The maximum atomic E-state index is 6.34. The predicted octanol–water partition coefficient (Wildman–Crippen LogP) is 12.0. The third-order valence-corrected chi connectivity index (χ3v) is 9.36. The second-order valence-corrected chi connectivity index (χ2v) is 11.7. The van der Waals surface area contributed by atoms with Crippen LogP contribution in [0.2, 0.25) is 0 Å². The number of fused-ring (bicyclic) bond motifs is 7. The lowest BCUT2D eigenvalue weighted by Crippen LogP contribution is -2.10. The van der Waals surface area contributed by atoms with Crippen LogP contribution in [0.25, 0.3) is 77.6 Å². The van der Waals surface area contributed by atoms with Crippen molar-refractivity contribution in [1.82, 2.24) is 0 Å². The highest BCUT2D eigenvalue weighted by atomic mass is 16.3.